The molecule has 12 heavy (non-hydrogen) atoms. The second-order valence-corrected chi connectivity index (χ2v) is 2.26. The second-order valence-electron chi connectivity index (χ2n) is 2.26. The van der Waals surface area contributed by atoms with Crippen molar-refractivity contribution in [2.45, 2.75) is 6.54 Å². The van der Waals surface area contributed by atoms with Crippen LogP contribution in [0, 0.1) is 10.7 Å². The Kier molecular flexibility index (Phi) is 2.74. The Morgan fingerprint density at radius 1 is 1.58 bits per heavy atom. The summed E-state index contributed by atoms with van der Waals surface area (Å²) in [4.78, 5) is 9.87. The summed E-state index contributed by atoms with van der Waals surface area (Å²) in [6.45, 7) is 0.0383. The Morgan fingerprint density at radius 3 is 2.92 bits per heavy atom. The van der Waals surface area contributed by atoms with Gasteiger partial charge in [-0.2, -0.15) is 4.91 Å². The molecule has 0 heterocycles. The van der Waals surface area contributed by atoms with Gasteiger partial charge in [-0.3, -0.25) is 0 Å². The Hall–Kier alpha value is -1.45. The van der Waals surface area contributed by atoms with Gasteiger partial charge in [0.05, 0.1) is 7.11 Å². The molecule has 1 rings (SSSR count). The third-order valence-corrected chi connectivity index (χ3v) is 1.46. The number of nitroso groups, excluding NO2 is 1. The van der Waals surface area contributed by atoms with E-state index < -0.39 is 5.82 Å². The number of halogens is 1. The van der Waals surface area contributed by atoms with Gasteiger partial charge >= 0.3 is 0 Å². The van der Waals surface area contributed by atoms with Crippen LogP contribution in [0.4, 0.5) is 4.39 Å². The van der Waals surface area contributed by atoms with Gasteiger partial charge in [0.1, 0.15) is 6.54 Å². The van der Waals surface area contributed by atoms with Crippen molar-refractivity contribution in [1.82, 2.24) is 0 Å². The van der Waals surface area contributed by atoms with Crippen molar-refractivity contribution in [1.29, 1.82) is 0 Å². The highest BCUT2D eigenvalue weighted by Gasteiger charge is 2.02. The summed E-state index contributed by atoms with van der Waals surface area (Å²) in [5, 5.41) is 2.68. The second kappa shape index (κ2) is 3.80. The molecule has 0 radical (unpaired) electrons. The van der Waals surface area contributed by atoms with E-state index in [2.05, 4.69) is 5.18 Å². The van der Waals surface area contributed by atoms with Crippen LogP contribution in [0.25, 0.3) is 0 Å². The van der Waals surface area contributed by atoms with Gasteiger partial charge < -0.3 is 4.74 Å². The summed E-state index contributed by atoms with van der Waals surface area (Å²) in [6.07, 6.45) is 0. The molecule has 3 nitrogen and oxygen atoms in total. The van der Waals surface area contributed by atoms with Crippen LogP contribution in [-0.4, -0.2) is 7.11 Å². The first-order chi connectivity index (χ1) is 5.77. The van der Waals surface area contributed by atoms with Crippen LogP contribution in [0.1, 0.15) is 5.56 Å². The van der Waals surface area contributed by atoms with E-state index in [1.54, 1.807) is 0 Å². The molecule has 0 unspecified atom stereocenters. The first kappa shape index (κ1) is 8.64. The average Bonchev–Trinajstić information content (AvgIpc) is 2.09. The van der Waals surface area contributed by atoms with Crippen molar-refractivity contribution in [2.75, 3.05) is 7.11 Å². The molecule has 0 amide bonds. The number of ether oxygens (including phenoxy) is 1. The predicted molar refractivity (Wildman–Crippen MR) is 42.5 cm³/mol. The minimum absolute atomic E-state index is 0.0383. The maximum Gasteiger partial charge on any atom is 0.165 e. The van der Waals surface area contributed by atoms with Crippen LogP contribution >= 0.6 is 0 Å². The van der Waals surface area contributed by atoms with Crippen LogP contribution in [0.15, 0.2) is 23.4 Å². The van der Waals surface area contributed by atoms with E-state index in [4.69, 9.17) is 4.74 Å². The third kappa shape index (κ3) is 1.78. The van der Waals surface area contributed by atoms with Crippen molar-refractivity contribution in [3.8, 4) is 5.75 Å². The average molecular weight is 169 g/mol. The number of benzene rings is 1. The lowest BCUT2D eigenvalue weighted by atomic mass is 10.2. The number of rotatable bonds is 3. The molecule has 0 spiro atoms. The van der Waals surface area contributed by atoms with Crippen molar-refractivity contribution < 1.29 is 9.13 Å². The molecular formula is C8H8FNO2. The lowest BCUT2D eigenvalue weighted by molar-refractivity contribution is 0.386. The first-order valence-electron chi connectivity index (χ1n) is 3.39. The normalized spacial score (nSPS) is 9.50. The molecule has 0 atom stereocenters. The number of nitrogens with zero attached hydrogens (tertiary/aromatic N) is 1. The molecule has 0 aliphatic carbocycles. The molecule has 0 saturated carbocycles. The highest BCUT2D eigenvalue weighted by Crippen LogP contribution is 2.18. The van der Waals surface area contributed by atoms with Gasteiger partial charge in [-0.1, -0.05) is 11.2 Å². The molecule has 0 saturated heterocycles. The van der Waals surface area contributed by atoms with Crippen molar-refractivity contribution >= 4 is 0 Å². The molecule has 4 heteroatoms. The predicted octanol–water partition coefficient (Wildman–Crippen LogP) is 2.10. The van der Waals surface area contributed by atoms with Crippen LogP contribution in [0.2, 0.25) is 0 Å². The van der Waals surface area contributed by atoms with E-state index in [0.717, 1.165) is 0 Å². The molecule has 1 aromatic rings. The minimum Gasteiger partial charge on any atom is -0.494 e. The summed E-state index contributed by atoms with van der Waals surface area (Å²) in [5.41, 5.74) is 0.642. The van der Waals surface area contributed by atoms with Gasteiger partial charge in [-0.25, -0.2) is 4.39 Å². The maximum atomic E-state index is 12.8. The molecule has 0 fully saturated rings. The summed E-state index contributed by atoms with van der Waals surface area (Å²) in [6, 6.07) is 4.20. The fourth-order valence-corrected chi connectivity index (χ4v) is 0.877. The van der Waals surface area contributed by atoms with Gasteiger partial charge in [0.2, 0.25) is 0 Å². The van der Waals surface area contributed by atoms with Crippen molar-refractivity contribution in [2.24, 2.45) is 5.18 Å². The maximum absolute atomic E-state index is 12.8. The van der Waals surface area contributed by atoms with Gasteiger partial charge in [0.15, 0.2) is 11.6 Å². The fourth-order valence-electron chi connectivity index (χ4n) is 0.877. The summed E-state index contributed by atoms with van der Waals surface area (Å²) in [7, 11) is 1.37. The highest BCUT2D eigenvalue weighted by molar-refractivity contribution is 5.30. The molecular weight excluding hydrogens is 161 g/mol. The molecule has 0 aliphatic rings. The van der Waals surface area contributed by atoms with Gasteiger partial charge in [-0.05, 0) is 17.7 Å². The summed E-state index contributed by atoms with van der Waals surface area (Å²) in [5.74, 6) is -0.303. The minimum atomic E-state index is -0.438. The molecule has 1 aromatic carbocycles. The zero-order chi connectivity index (χ0) is 8.97. The smallest absolute Gasteiger partial charge is 0.165 e. The Bertz CT molecular complexity index is 288. The zero-order valence-corrected chi connectivity index (χ0v) is 6.58. The van der Waals surface area contributed by atoms with E-state index in [-0.39, 0.29) is 12.3 Å². The quantitative estimate of drug-likeness (QED) is 0.650. The summed E-state index contributed by atoms with van der Waals surface area (Å²) >= 11 is 0. The van der Waals surface area contributed by atoms with E-state index in [0.29, 0.717) is 5.56 Å². The van der Waals surface area contributed by atoms with E-state index in [1.807, 2.05) is 0 Å². The van der Waals surface area contributed by atoms with Gasteiger partial charge in [0, 0.05) is 0 Å². The van der Waals surface area contributed by atoms with E-state index >= 15 is 0 Å². The summed E-state index contributed by atoms with van der Waals surface area (Å²) < 4.78 is 17.5. The lowest BCUT2D eigenvalue weighted by Crippen LogP contribution is -1.89. The van der Waals surface area contributed by atoms with E-state index in [1.165, 1.54) is 25.3 Å². The number of hydrogen-bond donors (Lipinski definition) is 0. The molecule has 0 bridgehead atoms. The Balaban J connectivity index is 2.96. The third-order valence-electron chi connectivity index (χ3n) is 1.46. The monoisotopic (exact) mass is 169 g/mol. The van der Waals surface area contributed by atoms with Gasteiger partial charge in [0.25, 0.3) is 0 Å². The highest BCUT2D eigenvalue weighted by atomic mass is 19.1. The lowest BCUT2D eigenvalue weighted by Gasteiger charge is -2.02. The van der Waals surface area contributed by atoms with Crippen LogP contribution in [-0.2, 0) is 6.54 Å². The first-order valence-corrected chi connectivity index (χ1v) is 3.39. The topological polar surface area (TPSA) is 38.7 Å². The largest absolute Gasteiger partial charge is 0.494 e. The molecule has 0 N–H and O–H groups in total. The van der Waals surface area contributed by atoms with Crippen molar-refractivity contribution in [3.05, 3.63) is 34.5 Å². The Morgan fingerprint density at radius 2 is 2.33 bits per heavy atom. The molecule has 0 aromatic heterocycles. The SMILES string of the molecule is COc1cc(CN=O)ccc1F. The van der Waals surface area contributed by atoms with Crippen molar-refractivity contribution in [3.63, 3.8) is 0 Å². The van der Waals surface area contributed by atoms with Crippen LogP contribution < -0.4 is 4.74 Å². The van der Waals surface area contributed by atoms with Gasteiger partial charge in [-0.15, -0.1) is 0 Å². The fraction of sp³-hybridized carbons (Fsp3) is 0.250. The van der Waals surface area contributed by atoms with Crippen LogP contribution in [0.3, 0.4) is 0 Å². The molecule has 64 valence electrons. The zero-order valence-electron chi connectivity index (χ0n) is 6.58. The number of hydrogen-bond acceptors (Lipinski definition) is 3. The standard InChI is InChI=1S/C8H8FNO2/c1-12-8-4-6(5-10-11)2-3-7(8)9/h2-4H,5H2,1H3. The molecule has 0 aliphatic heterocycles. The van der Waals surface area contributed by atoms with E-state index in [9.17, 15) is 9.30 Å². The van der Waals surface area contributed by atoms with Crippen LogP contribution in [0.5, 0.6) is 5.75 Å². The number of methoxy groups -OCH3 is 1. The Labute approximate surface area is 69.1 Å².